The molecule has 1 aromatic rings. The first-order valence-corrected chi connectivity index (χ1v) is 6.78. The first-order valence-electron chi connectivity index (χ1n) is 6.40. The second-order valence-electron chi connectivity index (χ2n) is 5.34. The summed E-state index contributed by atoms with van der Waals surface area (Å²) in [6, 6.07) is 1.19. The lowest BCUT2D eigenvalue weighted by molar-refractivity contribution is -0.159. The molecule has 2 atom stereocenters. The fourth-order valence-corrected chi connectivity index (χ4v) is 3.24. The summed E-state index contributed by atoms with van der Waals surface area (Å²) in [4.78, 5) is 17.3. The van der Waals surface area contributed by atoms with E-state index in [9.17, 15) is 14.3 Å². The molecule has 0 radical (unpaired) electrons. The summed E-state index contributed by atoms with van der Waals surface area (Å²) < 4.78 is 19.3. The van der Waals surface area contributed by atoms with Gasteiger partial charge in [0.1, 0.15) is 5.41 Å². The highest BCUT2D eigenvalue weighted by molar-refractivity contribution is 6.30. The molecule has 2 aliphatic rings. The second-order valence-corrected chi connectivity index (χ2v) is 5.78. The van der Waals surface area contributed by atoms with Crippen molar-refractivity contribution >= 4 is 23.4 Å². The molecule has 0 amide bonds. The summed E-state index contributed by atoms with van der Waals surface area (Å²) >= 11 is 5.69. The first-order chi connectivity index (χ1) is 9.53. The molecule has 0 aliphatic carbocycles. The van der Waals surface area contributed by atoms with Gasteiger partial charge in [-0.15, -0.1) is 0 Å². The fourth-order valence-electron chi connectivity index (χ4n) is 3.09. The summed E-state index contributed by atoms with van der Waals surface area (Å²) in [6.45, 7) is 1.39. The molecule has 2 aliphatic heterocycles. The maximum atomic E-state index is 13.9. The number of hydrogen-bond donors (Lipinski definition) is 1. The fraction of sp³-hybridized carbons (Fsp3) is 0.538. The number of ether oxygens (including phenoxy) is 1. The predicted molar refractivity (Wildman–Crippen MR) is 70.4 cm³/mol. The SMILES string of the molecule is O=C(O)[C@]12COCC[C@H]1CN(c1ncc(Cl)cc1F)C2. The molecule has 7 heteroatoms. The van der Waals surface area contributed by atoms with E-state index in [0.29, 0.717) is 19.6 Å². The van der Waals surface area contributed by atoms with Gasteiger partial charge in [-0.3, -0.25) is 4.79 Å². The highest BCUT2D eigenvalue weighted by Gasteiger charge is 2.54. The highest BCUT2D eigenvalue weighted by Crippen LogP contribution is 2.43. The normalized spacial score (nSPS) is 29.3. The lowest BCUT2D eigenvalue weighted by Gasteiger charge is -2.33. The third kappa shape index (κ3) is 2.03. The number of carbonyl (C=O) groups is 1. The Bertz CT molecular complexity index is 556. The van der Waals surface area contributed by atoms with Crippen LogP contribution in [0.4, 0.5) is 10.2 Å². The zero-order valence-corrected chi connectivity index (χ0v) is 11.4. The standard InChI is InChI=1S/C13H14ClFN2O3/c14-9-3-10(15)11(16-4-9)17-5-8-1-2-20-7-13(8,6-17)12(18)19/h3-4,8H,1-2,5-7H2,(H,18,19)/t8-,13+/m0/s1. The average Bonchev–Trinajstić information content (AvgIpc) is 2.79. The van der Waals surface area contributed by atoms with Gasteiger partial charge in [0, 0.05) is 25.9 Å². The van der Waals surface area contributed by atoms with Crippen LogP contribution in [0.1, 0.15) is 6.42 Å². The molecule has 3 heterocycles. The van der Waals surface area contributed by atoms with E-state index in [1.54, 1.807) is 4.90 Å². The quantitative estimate of drug-likeness (QED) is 0.902. The number of carboxylic acids is 1. The average molecular weight is 301 g/mol. The van der Waals surface area contributed by atoms with E-state index in [1.807, 2.05) is 0 Å². The topological polar surface area (TPSA) is 62.7 Å². The molecule has 0 unspecified atom stereocenters. The Balaban J connectivity index is 1.92. The number of pyridine rings is 1. The lowest BCUT2D eigenvalue weighted by atomic mass is 9.76. The minimum absolute atomic E-state index is 0.0503. The molecule has 2 saturated heterocycles. The van der Waals surface area contributed by atoms with Crippen LogP contribution in [0.3, 0.4) is 0 Å². The molecule has 2 fully saturated rings. The van der Waals surface area contributed by atoms with E-state index in [0.717, 1.165) is 0 Å². The Hall–Kier alpha value is -1.40. The number of aliphatic carboxylic acids is 1. The minimum atomic E-state index is -0.966. The smallest absolute Gasteiger partial charge is 0.314 e. The number of aromatic nitrogens is 1. The Kier molecular flexibility index (Phi) is 3.30. The molecular weight excluding hydrogens is 287 g/mol. The third-order valence-corrected chi connectivity index (χ3v) is 4.39. The molecule has 0 spiro atoms. The first kappa shape index (κ1) is 13.6. The van der Waals surface area contributed by atoms with Crippen molar-refractivity contribution in [3.63, 3.8) is 0 Å². The van der Waals surface area contributed by atoms with E-state index in [2.05, 4.69) is 4.98 Å². The van der Waals surface area contributed by atoms with E-state index >= 15 is 0 Å². The predicted octanol–water partition coefficient (Wildman–Crippen LogP) is 1.80. The monoisotopic (exact) mass is 300 g/mol. The van der Waals surface area contributed by atoms with Crippen molar-refractivity contribution < 1.29 is 19.0 Å². The molecule has 0 saturated carbocycles. The van der Waals surface area contributed by atoms with Crippen molar-refractivity contribution in [1.82, 2.24) is 4.98 Å². The van der Waals surface area contributed by atoms with Crippen LogP contribution >= 0.6 is 11.6 Å². The zero-order chi connectivity index (χ0) is 14.3. The van der Waals surface area contributed by atoms with Crippen LogP contribution in [0.5, 0.6) is 0 Å². The highest BCUT2D eigenvalue weighted by atomic mass is 35.5. The van der Waals surface area contributed by atoms with Crippen LogP contribution < -0.4 is 4.90 Å². The molecule has 0 aromatic carbocycles. The number of fused-ring (bicyclic) bond motifs is 1. The number of rotatable bonds is 2. The van der Waals surface area contributed by atoms with E-state index in [1.165, 1.54) is 12.3 Å². The van der Waals surface area contributed by atoms with E-state index in [4.69, 9.17) is 16.3 Å². The summed E-state index contributed by atoms with van der Waals surface area (Å²) in [5, 5.41) is 9.76. The maximum absolute atomic E-state index is 13.9. The van der Waals surface area contributed by atoms with Gasteiger partial charge in [0.05, 0.1) is 11.6 Å². The van der Waals surface area contributed by atoms with Crippen molar-refractivity contribution in [2.45, 2.75) is 6.42 Å². The minimum Gasteiger partial charge on any atom is -0.481 e. The summed E-state index contributed by atoms with van der Waals surface area (Å²) in [5.41, 5.74) is -0.966. The molecule has 0 bridgehead atoms. The zero-order valence-electron chi connectivity index (χ0n) is 10.7. The van der Waals surface area contributed by atoms with Crippen LogP contribution in [0, 0.1) is 17.2 Å². The molecule has 3 rings (SSSR count). The van der Waals surface area contributed by atoms with Gasteiger partial charge in [-0.2, -0.15) is 0 Å². The second kappa shape index (κ2) is 4.86. The van der Waals surface area contributed by atoms with Crippen molar-refractivity contribution in [2.24, 2.45) is 11.3 Å². The van der Waals surface area contributed by atoms with Crippen molar-refractivity contribution in [1.29, 1.82) is 0 Å². The summed E-state index contributed by atoms with van der Waals surface area (Å²) in [7, 11) is 0. The van der Waals surface area contributed by atoms with Gasteiger partial charge >= 0.3 is 5.97 Å². The Morgan fingerprint density at radius 3 is 3.10 bits per heavy atom. The number of halogens is 2. The van der Waals surface area contributed by atoms with Crippen LogP contribution in [0.15, 0.2) is 12.3 Å². The molecule has 5 nitrogen and oxygen atoms in total. The van der Waals surface area contributed by atoms with Gasteiger partial charge in [0.2, 0.25) is 0 Å². The third-order valence-electron chi connectivity index (χ3n) is 4.18. The van der Waals surface area contributed by atoms with Gasteiger partial charge in [0.25, 0.3) is 0 Å². The van der Waals surface area contributed by atoms with Gasteiger partial charge in [-0.1, -0.05) is 11.6 Å². The van der Waals surface area contributed by atoms with Crippen molar-refractivity contribution in [3.05, 3.63) is 23.1 Å². The van der Waals surface area contributed by atoms with Crippen molar-refractivity contribution in [2.75, 3.05) is 31.2 Å². The Morgan fingerprint density at radius 1 is 1.65 bits per heavy atom. The number of carboxylic acid groups (broad SMARTS) is 1. The molecular formula is C13H14ClFN2O3. The Labute approximate surface area is 120 Å². The van der Waals surface area contributed by atoms with E-state index < -0.39 is 17.2 Å². The van der Waals surface area contributed by atoms with Crippen LogP contribution in [-0.4, -0.2) is 42.4 Å². The molecule has 108 valence electrons. The van der Waals surface area contributed by atoms with Crippen LogP contribution in [-0.2, 0) is 9.53 Å². The van der Waals surface area contributed by atoms with Crippen LogP contribution in [0.2, 0.25) is 5.02 Å². The van der Waals surface area contributed by atoms with Gasteiger partial charge < -0.3 is 14.7 Å². The number of hydrogen-bond acceptors (Lipinski definition) is 4. The van der Waals surface area contributed by atoms with Gasteiger partial charge in [-0.25, -0.2) is 9.37 Å². The Morgan fingerprint density at radius 2 is 2.45 bits per heavy atom. The van der Waals surface area contributed by atoms with E-state index in [-0.39, 0.29) is 29.9 Å². The van der Waals surface area contributed by atoms with Gasteiger partial charge in [-0.05, 0) is 18.4 Å². The number of anilines is 1. The largest absolute Gasteiger partial charge is 0.481 e. The summed E-state index contributed by atoms with van der Waals surface area (Å²) in [5.74, 6) is -1.31. The molecule has 20 heavy (non-hydrogen) atoms. The van der Waals surface area contributed by atoms with Crippen LogP contribution in [0.25, 0.3) is 0 Å². The lowest BCUT2D eigenvalue weighted by Crippen LogP contribution is -2.46. The van der Waals surface area contributed by atoms with Crippen molar-refractivity contribution in [3.8, 4) is 0 Å². The maximum Gasteiger partial charge on any atom is 0.314 e. The van der Waals surface area contributed by atoms with Gasteiger partial charge in [0.15, 0.2) is 11.6 Å². The summed E-state index contributed by atoms with van der Waals surface area (Å²) in [6.07, 6.45) is 2.03. The molecule has 1 N–H and O–H groups in total. The number of nitrogens with zero attached hydrogens (tertiary/aromatic N) is 2. The molecule has 1 aromatic heterocycles.